The van der Waals surface area contributed by atoms with Crippen LogP contribution in [0.4, 0.5) is 5.69 Å². The molecule has 88 valence electrons. The van der Waals surface area contributed by atoms with Crippen LogP contribution in [0.1, 0.15) is 30.3 Å². The van der Waals surface area contributed by atoms with Gasteiger partial charge in [0.2, 0.25) is 0 Å². The van der Waals surface area contributed by atoms with Crippen molar-refractivity contribution in [3.05, 3.63) is 11.9 Å². The molecule has 0 atom stereocenters. The number of carbonyl (C=O) groups excluding carboxylic acids is 1. The number of nitrogen functional groups attached to an aromatic ring is 1. The molecular formula is C11H18N4O. The molecule has 16 heavy (non-hydrogen) atoms. The van der Waals surface area contributed by atoms with Crippen LogP contribution in [0.5, 0.6) is 0 Å². The minimum Gasteiger partial charge on any atom is -0.396 e. The lowest BCUT2D eigenvalue weighted by Gasteiger charge is -2.15. The summed E-state index contributed by atoms with van der Waals surface area (Å²) in [5.74, 6) is 0.611. The third-order valence-electron chi connectivity index (χ3n) is 2.89. The molecule has 0 aliphatic heterocycles. The highest BCUT2D eigenvalue weighted by molar-refractivity contribution is 5.96. The van der Waals surface area contributed by atoms with Gasteiger partial charge in [0.25, 0.3) is 5.91 Å². The largest absolute Gasteiger partial charge is 0.396 e. The number of amides is 1. The fraction of sp³-hybridized carbons (Fsp3) is 0.636. The van der Waals surface area contributed by atoms with Crippen molar-refractivity contribution in [1.82, 2.24) is 14.7 Å². The molecule has 0 spiro atoms. The van der Waals surface area contributed by atoms with Crippen molar-refractivity contribution in [3.8, 4) is 0 Å². The molecule has 1 aromatic rings. The van der Waals surface area contributed by atoms with Crippen LogP contribution in [-0.2, 0) is 6.54 Å². The van der Waals surface area contributed by atoms with Gasteiger partial charge in [0.1, 0.15) is 0 Å². The molecule has 2 rings (SSSR count). The molecule has 1 heterocycles. The van der Waals surface area contributed by atoms with Gasteiger partial charge in [-0.25, -0.2) is 0 Å². The third kappa shape index (κ3) is 2.18. The molecule has 1 saturated carbocycles. The van der Waals surface area contributed by atoms with E-state index >= 15 is 0 Å². The van der Waals surface area contributed by atoms with Gasteiger partial charge >= 0.3 is 0 Å². The molecule has 1 amide bonds. The molecule has 0 radical (unpaired) electrons. The first-order valence-electron chi connectivity index (χ1n) is 5.70. The van der Waals surface area contributed by atoms with E-state index in [-0.39, 0.29) is 5.91 Å². The lowest BCUT2D eigenvalue weighted by atomic mass is 10.3. The second-order valence-electron chi connectivity index (χ2n) is 4.42. The summed E-state index contributed by atoms with van der Waals surface area (Å²) in [6.07, 6.45) is 4.17. The van der Waals surface area contributed by atoms with Crippen LogP contribution < -0.4 is 5.73 Å². The molecule has 0 bridgehead atoms. The normalized spacial score (nSPS) is 15.1. The number of rotatable bonds is 4. The summed E-state index contributed by atoms with van der Waals surface area (Å²) in [7, 11) is 1.81. The van der Waals surface area contributed by atoms with Crippen LogP contribution in [0, 0.1) is 5.92 Å². The summed E-state index contributed by atoms with van der Waals surface area (Å²) < 4.78 is 1.69. The number of hydrogen-bond donors (Lipinski definition) is 1. The maximum atomic E-state index is 12.0. The molecule has 1 aromatic heterocycles. The SMILES string of the molecule is CCn1cc(N)c(C(=O)N(C)CC2CC2)n1. The van der Waals surface area contributed by atoms with Crippen molar-refractivity contribution < 1.29 is 4.79 Å². The Kier molecular flexibility index (Phi) is 2.85. The molecule has 5 heteroatoms. The van der Waals surface area contributed by atoms with E-state index in [2.05, 4.69) is 5.10 Å². The maximum Gasteiger partial charge on any atom is 0.276 e. The maximum absolute atomic E-state index is 12.0. The summed E-state index contributed by atoms with van der Waals surface area (Å²) in [6, 6.07) is 0. The molecule has 1 aliphatic carbocycles. The van der Waals surface area contributed by atoms with Gasteiger partial charge in [-0.3, -0.25) is 9.48 Å². The van der Waals surface area contributed by atoms with Crippen molar-refractivity contribution >= 4 is 11.6 Å². The quantitative estimate of drug-likeness (QED) is 0.825. The molecule has 2 N–H and O–H groups in total. The summed E-state index contributed by atoms with van der Waals surface area (Å²) in [5, 5.41) is 4.18. The topological polar surface area (TPSA) is 64.2 Å². The van der Waals surface area contributed by atoms with Gasteiger partial charge < -0.3 is 10.6 Å². The van der Waals surface area contributed by atoms with Gasteiger partial charge in [-0.1, -0.05) is 0 Å². The average Bonchev–Trinajstić information content (AvgIpc) is 2.99. The van der Waals surface area contributed by atoms with Gasteiger partial charge in [0.15, 0.2) is 5.69 Å². The zero-order chi connectivity index (χ0) is 11.7. The van der Waals surface area contributed by atoms with Crippen LogP contribution in [0.25, 0.3) is 0 Å². The highest BCUT2D eigenvalue weighted by Crippen LogP contribution is 2.29. The monoisotopic (exact) mass is 222 g/mol. The number of aryl methyl sites for hydroxylation is 1. The van der Waals surface area contributed by atoms with Crippen LogP contribution in [-0.4, -0.2) is 34.2 Å². The van der Waals surface area contributed by atoms with Crippen LogP contribution in [0.15, 0.2) is 6.20 Å². The molecule has 0 saturated heterocycles. The van der Waals surface area contributed by atoms with Gasteiger partial charge in [-0.2, -0.15) is 5.10 Å². The first-order valence-corrected chi connectivity index (χ1v) is 5.70. The van der Waals surface area contributed by atoms with Crippen LogP contribution in [0.3, 0.4) is 0 Å². The average molecular weight is 222 g/mol. The second-order valence-corrected chi connectivity index (χ2v) is 4.42. The number of anilines is 1. The summed E-state index contributed by atoms with van der Waals surface area (Å²) >= 11 is 0. The van der Waals surface area contributed by atoms with E-state index in [9.17, 15) is 4.79 Å². The van der Waals surface area contributed by atoms with Crippen molar-refractivity contribution in [1.29, 1.82) is 0 Å². The van der Waals surface area contributed by atoms with E-state index < -0.39 is 0 Å². The molecule has 1 aliphatic rings. The van der Waals surface area contributed by atoms with E-state index in [1.165, 1.54) is 12.8 Å². The van der Waals surface area contributed by atoms with E-state index in [0.717, 1.165) is 13.1 Å². The van der Waals surface area contributed by atoms with E-state index in [0.29, 0.717) is 17.3 Å². The molecule has 0 aromatic carbocycles. The Morgan fingerprint density at radius 1 is 1.69 bits per heavy atom. The Bertz CT molecular complexity index is 395. The smallest absolute Gasteiger partial charge is 0.276 e. The molecule has 0 unspecified atom stereocenters. The Balaban J connectivity index is 2.08. The number of nitrogens with zero attached hydrogens (tertiary/aromatic N) is 3. The Labute approximate surface area is 95.2 Å². The van der Waals surface area contributed by atoms with Crippen molar-refractivity contribution in [2.75, 3.05) is 19.3 Å². The Hall–Kier alpha value is -1.52. The van der Waals surface area contributed by atoms with Crippen LogP contribution >= 0.6 is 0 Å². The van der Waals surface area contributed by atoms with Crippen molar-refractivity contribution in [2.45, 2.75) is 26.3 Å². The van der Waals surface area contributed by atoms with Gasteiger partial charge in [0.05, 0.1) is 5.69 Å². The number of carbonyl (C=O) groups is 1. The predicted molar refractivity (Wildman–Crippen MR) is 62.0 cm³/mol. The molecule has 1 fully saturated rings. The standard InChI is InChI=1S/C11H18N4O/c1-3-15-7-9(12)10(13-15)11(16)14(2)6-8-4-5-8/h7-8H,3-6,12H2,1-2H3. The fourth-order valence-corrected chi connectivity index (χ4v) is 1.72. The fourth-order valence-electron chi connectivity index (χ4n) is 1.72. The van der Waals surface area contributed by atoms with Gasteiger partial charge in [-0.05, 0) is 25.7 Å². The Morgan fingerprint density at radius 3 is 2.88 bits per heavy atom. The van der Waals surface area contributed by atoms with Gasteiger partial charge in [-0.15, -0.1) is 0 Å². The lowest BCUT2D eigenvalue weighted by Crippen LogP contribution is -2.29. The zero-order valence-electron chi connectivity index (χ0n) is 9.81. The highest BCUT2D eigenvalue weighted by Gasteiger charge is 2.27. The third-order valence-corrected chi connectivity index (χ3v) is 2.89. The first kappa shape index (κ1) is 11.0. The number of nitrogens with two attached hydrogens (primary N) is 1. The van der Waals surface area contributed by atoms with Gasteiger partial charge in [0, 0.05) is 26.3 Å². The first-order chi connectivity index (χ1) is 7.61. The number of hydrogen-bond acceptors (Lipinski definition) is 3. The molecular weight excluding hydrogens is 204 g/mol. The second kappa shape index (κ2) is 4.15. The minimum atomic E-state index is -0.0726. The van der Waals surface area contributed by atoms with Crippen molar-refractivity contribution in [2.24, 2.45) is 5.92 Å². The number of aromatic nitrogens is 2. The van der Waals surface area contributed by atoms with Crippen LogP contribution in [0.2, 0.25) is 0 Å². The highest BCUT2D eigenvalue weighted by atomic mass is 16.2. The summed E-state index contributed by atoms with van der Waals surface area (Å²) in [6.45, 7) is 3.51. The molecule has 5 nitrogen and oxygen atoms in total. The predicted octanol–water partition coefficient (Wildman–Crippen LogP) is 0.967. The summed E-state index contributed by atoms with van der Waals surface area (Å²) in [4.78, 5) is 13.7. The van der Waals surface area contributed by atoms with E-state index in [1.54, 1.807) is 15.8 Å². The zero-order valence-corrected chi connectivity index (χ0v) is 9.81. The van der Waals surface area contributed by atoms with E-state index in [4.69, 9.17) is 5.73 Å². The lowest BCUT2D eigenvalue weighted by molar-refractivity contribution is 0.0783. The summed E-state index contributed by atoms with van der Waals surface area (Å²) in [5.41, 5.74) is 6.62. The van der Waals surface area contributed by atoms with E-state index in [1.807, 2.05) is 14.0 Å². The Morgan fingerprint density at radius 2 is 2.38 bits per heavy atom. The van der Waals surface area contributed by atoms with Crippen molar-refractivity contribution in [3.63, 3.8) is 0 Å². The minimum absolute atomic E-state index is 0.0726.